The Labute approximate surface area is 318 Å². The Balaban J connectivity index is 1.05. The molecular weight excluding hydrogens is 671 g/mol. The summed E-state index contributed by atoms with van der Waals surface area (Å²) in [7, 11) is 0. The maximum atomic E-state index is 6.63. The standard InChI is InChI=1S/C51H35N3O/c1-3-11-32(12-4-1)36-24-21-33-22-25-38(31-40(33)29-36)43-17-9-19-45-47(43)48-44(18-10-20-46(48)55-45)51-53-49(35-14-5-2-6-15-35)52-50(54-51)39-27-28-42-37(30-39)26-23-34-13-7-8-16-41(34)42/h1-31,49,51,53H,(H,52,54). The van der Waals surface area contributed by atoms with Gasteiger partial charge < -0.3 is 9.73 Å². The summed E-state index contributed by atoms with van der Waals surface area (Å²) in [4.78, 5) is 5.29. The number of furan rings is 1. The van der Waals surface area contributed by atoms with E-state index in [0.717, 1.165) is 55.6 Å². The lowest BCUT2D eigenvalue weighted by Gasteiger charge is -2.32. The van der Waals surface area contributed by atoms with Gasteiger partial charge in [-0.05, 0) is 90.5 Å². The molecule has 0 saturated carbocycles. The highest BCUT2D eigenvalue weighted by molar-refractivity contribution is 6.15. The molecule has 2 N–H and O–H groups in total. The van der Waals surface area contributed by atoms with Crippen LogP contribution in [0.1, 0.15) is 29.0 Å². The molecule has 0 fully saturated rings. The fourth-order valence-electron chi connectivity index (χ4n) is 8.43. The number of amidine groups is 1. The highest BCUT2D eigenvalue weighted by atomic mass is 16.3. The average Bonchev–Trinajstić information content (AvgIpc) is 3.65. The molecule has 10 aromatic rings. The molecule has 0 aliphatic carbocycles. The van der Waals surface area contributed by atoms with Crippen LogP contribution in [-0.2, 0) is 0 Å². The van der Waals surface area contributed by atoms with Gasteiger partial charge in [0.25, 0.3) is 0 Å². The number of nitrogens with zero attached hydrogens (tertiary/aromatic N) is 1. The molecule has 2 heterocycles. The minimum atomic E-state index is -0.262. The van der Waals surface area contributed by atoms with Gasteiger partial charge >= 0.3 is 0 Å². The predicted molar refractivity (Wildman–Crippen MR) is 228 cm³/mol. The lowest BCUT2D eigenvalue weighted by molar-refractivity contribution is 0.411. The normalized spacial score (nSPS) is 15.8. The molecule has 260 valence electrons. The molecule has 0 saturated heterocycles. The SMILES string of the molecule is c1ccc(-c2ccc3ccc(-c4cccc5oc6cccc(C7NC(c8ccc9c(ccc%10ccccc%109)c8)=NC(c8ccccc8)N7)c6c45)cc3c2)cc1. The van der Waals surface area contributed by atoms with E-state index < -0.39 is 0 Å². The molecular formula is C51H35N3O. The molecule has 4 heteroatoms. The van der Waals surface area contributed by atoms with E-state index in [-0.39, 0.29) is 12.3 Å². The van der Waals surface area contributed by atoms with Crippen LogP contribution in [-0.4, -0.2) is 5.84 Å². The zero-order chi connectivity index (χ0) is 36.3. The third-order valence-corrected chi connectivity index (χ3v) is 11.1. The third-order valence-electron chi connectivity index (χ3n) is 11.1. The van der Waals surface area contributed by atoms with Crippen LogP contribution in [0.3, 0.4) is 0 Å². The molecule has 0 spiro atoms. The first-order valence-electron chi connectivity index (χ1n) is 18.8. The topological polar surface area (TPSA) is 49.6 Å². The van der Waals surface area contributed by atoms with Gasteiger partial charge in [0.15, 0.2) is 0 Å². The molecule has 1 aliphatic rings. The quantitative estimate of drug-likeness (QED) is 0.175. The van der Waals surface area contributed by atoms with Crippen molar-refractivity contribution in [3.05, 3.63) is 205 Å². The van der Waals surface area contributed by atoms with E-state index in [0.29, 0.717) is 0 Å². The number of benzene rings is 9. The lowest BCUT2D eigenvalue weighted by atomic mass is 9.93. The number of rotatable bonds is 5. The summed E-state index contributed by atoms with van der Waals surface area (Å²) in [5.41, 5.74) is 9.69. The van der Waals surface area contributed by atoms with Crippen molar-refractivity contribution in [2.45, 2.75) is 12.3 Å². The molecule has 4 nitrogen and oxygen atoms in total. The first kappa shape index (κ1) is 31.5. The van der Waals surface area contributed by atoms with Crippen LogP contribution in [0.5, 0.6) is 0 Å². The minimum absolute atomic E-state index is 0.257. The van der Waals surface area contributed by atoms with Crippen molar-refractivity contribution in [2.24, 2.45) is 4.99 Å². The summed E-state index contributed by atoms with van der Waals surface area (Å²) in [6.07, 6.45) is -0.519. The number of nitrogens with one attached hydrogen (secondary N) is 2. The van der Waals surface area contributed by atoms with Gasteiger partial charge in [-0.3, -0.25) is 5.32 Å². The first-order chi connectivity index (χ1) is 27.2. The number of hydrogen-bond donors (Lipinski definition) is 2. The Morgan fingerprint density at radius 2 is 1.09 bits per heavy atom. The van der Waals surface area contributed by atoms with Crippen LogP contribution in [0.25, 0.3) is 76.5 Å². The first-order valence-corrected chi connectivity index (χ1v) is 18.8. The summed E-state index contributed by atoms with van der Waals surface area (Å²) >= 11 is 0. The van der Waals surface area contributed by atoms with Gasteiger partial charge in [0.2, 0.25) is 0 Å². The smallest absolute Gasteiger partial charge is 0.136 e. The molecule has 9 aromatic carbocycles. The van der Waals surface area contributed by atoms with E-state index in [4.69, 9.17) is 9.41 Å². The Bertz CT molecular complexity index is 3110. The Morgan fingerprint density at radius 1 is 0.436 bits per heavy atom. The summed E-state index contributed by atoms with van der Waals surface area (Å²) in [5.74, 6) is 0.849. The van der Waals surface area contributed by atoms with E-state index in [1.54, 1.807) is 0 Å². The number of hydrogen-bond acceptors (Lipinski definition) is 4. The van der Waals surface area contributed by atoms with Crippen LogP contribution < -0.4 is 10.6 Å². The molecule has 2 unspecified atom stereocenters. The highest BCUT2D eigenvalue weighted by Crippen LogP contribution is 2.41. The van der Waals surface area contributed by atoms with Crippen molar-refractivity contribution < 1.29 is 4.42 Å². The number of aliphatic imine (C=N–C) groups is 1. The predicted octanol–water partition coefficient (Wildman–Crippen LogP) is 12.7. The molecule has 1 aromatic heterocycles. The van der Waals surface area contributed by atoms with Crippen LogP contribution in [0.15, 0.2) is 197 Å². The fourth-order valence-corrected chi connectivity index (χ4v) is 8.43. The second-order valence-electron chi connectivity index (χ2n) is 14.4. The van der Waals surface area contributed by atoms with Crippen molar-refractivity contribution >= 4 is 60.1 Å². The number of fused-ring (bicyclic) bond motifs is 7. The Kier molecular flexibility index (Phi) is 7.35. The van der Waals surface area contributed by atoms with Gasteiger partial charge in [-0.25, -0.2) is 4.99 Å². The average molecular weight is 706 g/mol. The van der Waals surface area contributed by atoms with E-state index in [9.17, 15) is 0 Å². The Hall–Kier alpha value is -7.01. The van der Waals surface area contributed by atoms with E-state index in [1.807, 2.05) is 0 Å². The zero-order valence-electron chi connectivity index (χ0n) is 29.9. The van der Waals surface area contributed by atoms with Crippen LogP contribution in [0.4, 0.5) is 0 Å². The Morgan fingerprint density at radius 3 is 1.96 bits per heavy atom. The molecule has 2 atom stereocenters. The fraction of sp³-hybridized carbons (Fsp3) is 0.0392. The summed E-state index contributed by atoms with van der Waals surface area (Å²) < 4.78 is 6.63. The van der Waals surface area contributed by atoms with Crippen molar-refractivity contribution in [3.8, 4) is 22.3 Å². The molecule has 55 heavy (non-hydrogen) atoms. The van der Waals surface area contributed by atoms with Crippen LogP contribution in [0.2, 0.25) is 0 Å². The molecule has 1 aliphatic heterocycles. The monoisotopic (exact) mass is 705 g/mol. The van der Waals surface area contributed by atoms with Crippen molar-refractivity contribution in [2.75, 3.05) is 0 Å². The second-order valence-corrected chi connectivity index (χ2v) is 14.4. The second kappa shape index (κ2) is 12.8. The van der Waals surface area contributed by atoms with Crippen LogP contribution in [0, 0.1) is 0 Å². The van der Waals surface area contributed by atoms with Crippen molar-refractivity contribution in [1.82, 2.24) is 10.6 Å². The van der Waals surface area contributed by atoms with Crippen LogP contribution >= 0.6 is 0 Å². The molecule has 0 bridgehead atoms. The van der Waals surface area contributed by atoms with Crippen molar-refractivity contribution in [1.29, 1.82) is 0 Å². The van der Waals surface area contributed by atoms with Gasteiger partial charge in [-0.1, -0.05) is 158 Å². The van der Waals surface area contributed by atoms with Gasteiger partial charge in [0, 0.05) is 21.9 Å². The molecule has 0 amide bonds. The maximum absolute atomic E-state index is 6.63. The third kappa shape index (κ3) is 5.46. The van der Waals surface area contributed by atoms with Crippen molar-refractivity contribution in [3.63, 3.8) is 0 Å². The summed E-state index contributed by atoms with van der Waals surface area (Å²) in [5, 5.41) is 17.2. The summed E-state index contributed by atoms with van der Waals surface area (Å²) in [6, 6.07) is 67.0. The highest BCUT2D eigenvalue weighted by Gasteiger charge is 2.28. The minimum Gasteiger partial charge on any atom is -0.456 e. The lowest BCUT2D eigenvalue weighted by Crippen LogP contribution is -2.45. The van der Waals surface area contributed by atoms with E-state index >= 15 is 0 Å². The van der Waals surface area contributed by atoms with Gasteiger partial charge in [-0.15, -0.1) is 0 Å². The zero-order valence-corrected chi connectivity index (χ0v) is 29.9. The van der Waals surface area contributed by atoms with E-state index in [1.165, 1.54) is 43.4 Å². The maximum Gasteiger partial charge on any atom is 0.136 e. The van der Waals surface area contributed by atoms with Gasteiger partial charge in [0.05, 0.1) is 0 Å². The van der Waals surface area contributed by atoms with Gasteiger partial charge in [0.1, 0.15) is 29.3 Å². The summed E-state index contributed by atoms with van der Waals surface area (Å²) in [6.45, 7) is 0. The van der Waals surface area contributed by atoms with E-state index in [2.05, 4.69) is 199 Å². The van der Waals surface area contributed by atoms with Gasteiger partial charge in [-0.2, -0.15) is 0 Å². The molecule has 11 rings (SSSR count). The molecule has 0 radical (unpaired) electrons. The largest absolute Gasteiger partial charge is 0.456 e.